The van der Waals surface area contributed by atoms with Gasteiger partial charge in [0.2, 0.25) is 0 Å². The maximum Gasteiger partial charge on any atom is 0.417 e. The predicted molar refractivity (Wildman–Crippen MR) is 54.7 cm³/mol. The predicted octanol–water partition coefficient (Wildman–Crippen LogP) is 3.06. The van der Waals surface area contributed by atoms with E-state index in [0.717, 1.165) is 0 Å². The summed E-state index contributed by atoms with van der Waals surface area (Å²) in [6, 6.07) is 1.94. The number of hydrogen-bond acceptors (Lipinski definition) is 2. The lowest BCUT2D eigenvalue weighted by Gasteiger charge is -2.14. The largest absolute Gasteiger partial charge is 0.417 e. The highest BCUT2D eigenvalue weighted by Gasteiger charge is 2.37. The Bertz CT molecular complexity index is 462. The van der Waals surface area contributed by atoms with Gasteiger partial charge in [-0.2, -0.15) is 13.2 Å². The summed E-state index contributed by atoms with van der Waals surface area (Å²) in [6.07, 6.45) is -4.30. The number of ether oxygens (including phenoxy) is 1. The summed E-state index contributed by atoms with van der Waals surface area (Å²) < 4.78 is 56.2. The van der Waals surface area contributed by atoms with E-state index in [2.05, 4.69) is 0 Å². The van der Waals surface area contributed by atoms with Crippen LogP contribution in [0.25, 0.3) is 0 Å². The number of hydrogen-bond donors (Lipinski definition) is 0. The number of carbonyl (C=O) groups excluding carboxylic acids is 1. The van der Waals surface area contributed by atoms with Crippen LogP contribution in [0, 0.1) is 11.7 Å². The van der Waals surface area contributed by atoms with Crippen LogP contribution in [-0.4, -0.2) is 19.0 Å². The average molecular weight is 262 g/mol. The van der Waals surface area contributed by atoms with Crippen LogP contribution in [0.4, 0.5) is 17.6 Å². The third-order valence-electron chi connectivity index (χ3n) is 2.85. The first-order valence-electron chi connectivity index (χ1n) is 5.38. The van der Waals surface area contributed by atoms with Crippen LogP contribution >= 0.6 is 0 Å². The van der Waals surface area contributed by atoms with Gasteiger partial charge in [-0.25, -0.2) is 4.39 Å². The lowest BCUT2D eigenvalue weighted by Crippen LogP contribution is -2.20. The number of Topliss-reactive ketones (excluding diaryl/α,β-unsaturated/α-hetero) is 1. The lowest BCUT2D eigenvalue weighted by atomic mass is 9.93. The van der Waals surface area contributed by atoms with Crippen molar-refractivity contribution in [3.8, 4) is 0 Å². The lowest BCUT2D eigenvalue weighted by molar-refractivity contribution is -0.138. The van der Waals surface area contributed by atoms with E-state index >= 15 is 0 Å². The summed E-state index contributed by atoms with van der Waals surface area (Å²) in [5.41, 5.74) is -1.71. The molecule has 2 rings (SSSR count). The second-order valence-electron chi connectivity index (χ2n) is 4.11. The summed E-state index contributed by atoms with van der Waals surface area (Å²) in [5.74, 6) is -2.18. The van der Waals surface area contributed by atoms with Crippen LogP contribution in [0.2, 0.25) is 0 Å². The Hall–Kier alpha value is -1.43. The molecule has 6 heteroatoms. The Morgan fingerprint density at radius 1 is 1.33 bits per heavy atom. The summed E-state index contributed by atoms with van der Waals surface area (Å²) >= 11 is 0. The zero-order valence-corrected chi connectivity index (χ0v) is 9.26. The number of ketones is 1. The van der Waals surface area contributed by atoms with Gasteiger partial charge in [0, 0.05) is 18.1 Å². The number of carbonyl (C=O) groups is 1. The molecule has 1 aliphatic heterocycles. The van der Waals surface area contributed by atoms with E-state index in [1.807, 2.05) is 0 Å². The Labute approximate surface area is 101 Å². The standard InChI is InChI=1S/C12H10F4O2/c13-8-1-2-10(12(14,15)16)9(5-8)11(17)7-3-4-18-6-7/h1-2,5,7H,3-4,6H2. The molecule has 1 aliphatic rings. The van der Waals surface area contributed by atoms with Crippen LogP contribution in [0.15, 0.2) is 18.2 Å². The molecule has 2 nitrogen and oxygen atoms in total. The van der Waals surface area contributed by atoms with Gasteiger partial charge in [-0.3, -0.25) is 4.79 Å². The van der Waals surface area contributed by atoms with Gasteiger partial charge < -0.3 is 4.74 Å². The molecule has 0 amide bonds. The van der Waals surface area contributed by atoms with Gasteiger partial charge in [0.1, 0.15) is 5.82 Å². The van der Waals surface area contributed by atoms with E-state index in [0.29, 0.717) is 31.2 Å². The van der Waals surface area contributed by atoms with E-state index in [9.17, 15) is 22.4 Å². The van der Waals surface area contributed by atoms with Gasteiger partial charge >= 0.3 is 6.18 Å². The fourth-order valence-electron chi connectivity index (χ4n) is 1.93. The van der Waals surface area contributed by atoms with Crippen LogP contribution in [0.3, 0.4) is 0 Å². The minimum atomic E-state index is -4.67. The molecule has 0 bridgehead atoms. The van der Waals surface area contributed by atoms with Crippen molar-refractivity contribution in [3.05, 3.63) is 35.1 Å². The van der Waals surface area contributed by atoms with Crippen LogP contribution in [0.1, 0.15) is 22.3 Å². The first-order valence-corrected chi connectivity index (χ1v) is 5.38. The van der Waals surface area contributed by atoms with Crippen molar-refractivity contribution in [2.75, 3.05) is 13.2 Å². The second kappa shape index (κ2) is 4.68. The van der Waals surface area contributed by atoms with E-state index in [1.165, 1.54) is 0 Å². The molecular weight excluding hydrogens is 252 g/mol. The van der Waals surface area contributed by atoms with Crippen LogP contribution in [-0.2, 0) is 10.9 Å². The summed E-state index contributed by atoms with van der Waals surface area (Å²) in [7, 11) is 0. The Balaban J connectivity index is 2.41. The first kappa shape index (κ1) is 13.0. The molecule has 0 spiro atoms. The number of benzene rings is 1. The molecule has 0 radical (unpaired) electrons. The highest BCUT2D eigenvalue weighted by Crippen LogP contribution is 2.34. The zero-order valence-electron chi connectivity index (χ0n) is 9.26. The minimum absolute atomic E-state index is 0.0899. The fraction of sp³-hybridized carbons (Fsp3) is 0.417. The molecule has 0 saturated carbocycles. The SMILES string of the molecule is O=C(c1cc(F)ccc1C(F)(F)F)C1CCOC1. The second-order valence-corrected chi connectivity index (χ2v) is 4.11. The van der Waals surface area contributed by atoms with Crippen LogP contribution < -0.4 is 0 Å². The van der Waals surface area contributed by atoms with Gasteiger partial charge in [0.05, 0.1) is 12.2 Å². The van der Waals surface area contributed by atoms with Crippen molar-refractivity contribution >= 4 is 5.78 Å². The summed E-state index contributed by atoms with van der Waals surface area (Å²) in [6.45, 7) is 0.430. The van der Waals surface area contributed by atoms with Crippen molar-refractivity contribution < 1.29 is 27.1 Å². The number of halogens is 4. The van der Waals surface area contributed by atoms with Crippen molar-refractivity contribution in [1.82, 2.24) is 0 Å². The molecule has 0 N–H and O–H groups in total. The molecule has 0 aromatic heterocycles. The highest BCUT2D eigenvalue weighted by atomic mass is 19.4. The minimum Gasteiger partial charge on any atom is -0.381 e. The average Bonchev–Trinajstić information content (AvgIpc) is 2.79. The fourth-order valence-corrected chi connectivity index (χ4v) is 1.93. The Kier molecular flexibility index (Phi) is 3.38. The maximum atomic E-state index is 13.0. The highest BCUT2D eigenvalue weighted by molar-refractivity contribution is 5.99. The first-order chi connectivity index (χ1) is 8.39. The molecule has 1 heterocycles. The molecule has 98 valence electrons. The summed E-state index contributed by atoms with van der Waals surface area (Å²) in [5, 5.41) is 0. The summed E-state index contributed by atoms with van der Waals surface area (Å²) in [4.78, 5) is 11.9. The van der Waals surface area contributed by atoms with E-state index < -0.39 is 34.8 Å². The Morgan fingerprint density at radius 2 is 2.06 bits per heavy atom. The monoisotopic (exact) mass is 262 g/mol. The van der Waals surface area contributed by atoms with E-state index in [-0.39, 0.29) is 6.61 Å². The van der Waals surface area contributed by atoms with Crippen molar-refractivity contribution in [3.63, 3.8) is 0 Å². The topological polar surface area (TPSA) is 26.3 Å². The van der Waals surface area contributed by atoms with Crippen molar-refractivity contribution in [2.24, 2.45) is 5.92 Å². The maximum absolute atomic E-state index is 13.0. The molecule has 0 aliphatic carbocycles. The smallest absolute Gasteiger partial charge is 0.381 e. The molecule has 18 heavy (non-hydrogen) atoms. The zero-order chi connectivity index (χ0) is 13.3. The van der Waals surface area contributed by atoms with Gasteiger partial charge in [-0.15, -0.1) is 0 Å². The number of rotatable bonds is 2. The molecule has 1 aromatic rings. The van der Waals surface area contributed by atoms with Crippen molar-refractivity contribution in [1.29, 1.82) is 0 Å². The molecule has 1 saturated heterocycles. The van der Waals surface area contributed by atoms with Gasteiger partial charge in [0.25, 0.3) is 0 Å². The van der Waals surface area contributed by atoms with Gasteiger partial charge in [0.15, 0.2) is 5.78 Å². The quantitative estimate of drug-likeness (QED) is 0.604. The van der Waals surface area contributed by atoms with Gasteiger partial charge in [-0.1, -0.05) is 0 Å². The molecule has 1 unspecified atom stereocenters. The third kappa shape index (κ3) is 2.53. The van der Waals surface area contributed by atoms with Gasteiger partial charge in [-0.05, 0) is 24.6 Å². The third-order valence-corrected chi connectivity index (χ3v) is 2.85. The van der Waals surface area contributed by atoms with Crippen LogP contribution in [0.5, 0.6) is 0 Å². The molecule has 1 aromatic carbocycles. The Morgan fingerprint density at radius 3 is 2.61 bits per heavy atom. The van der Waals surface area contributed by atoms with E-state index in [1.54, 1.807) is 0 Å². The molecule has 1 atom stereocenters. The molecular formula is C12H10F4O2. The molecule has 1 fully saturated rings. The van der Waals surface area contributed by atoms with E-state index in [4.69, 9.17) is 4.74 Å². The normalized spacial score (nSPS) is 20.1. The van der Waals surface area contributed by atoms with Crippen molar-refractivity contribution in [2.45, 2.75) is 12.6 Å². The number of alkyl halides is 3.